The molecule has 1 saturated carbocycles. The van der Waals surface area contributed by atoms with Gasteiger partial charge in [0.2, 0.25) is 11.8 Å². The first-order chi connectivity index (χ1) is 21.8. The average Bonchev–Trinajstić information content (AvgIpc) is 3.50. The maximum absolute atomic E-state index is 13.7. The monoisotopic (exact) mass is 663 g/mol. The quantitative estimate of drug-likeness (QED) is 0.286. The lowest BCUT2D eigenvalue weighted by Crippen LogP contribution is -2.67. The standard InChI is InChI=1S/C35H38ClNO8Si/c1-34(2,3)46(23-11-7-5-8-12-23,24-13-9-6-10-14-24)44-20-21-17-26-30(32(40)37(31(26)39)33(41)43-4)27-19-29(45-35(21,27)42)25-16-15-22(38)18-28(25)36/h5-16,18,21,26-27,29-30,38,42H,17,19-20H2,1-4H3/t21-,26+,27+,29+,30+,35-/m1/s1. The normalized spacial score (nSPS) is 27.8. The van der Waals surface area contributed by atoms with Crippen LogP contribution in [0, 0.1) is 23.7 Å². The molecule has 3 aliphatic rings. The average molecular weight is 664 g/mol. The molecule has 2 saturated heterocycles. The van der Waals surface area contributed by atoms with Crippen molar-refractivity contribution in [1.82, 2.24) is 4.90 Å². The number of aliphatic hydroxyl groups is 1. The Morgan fingerprint density at radius 1 is 1.00 bits per heavy atom. The molecule has 6 rings (SSSR count). The molecular formula is C35H38ClNO8Si. The second-order valence-corrected chi connectivity index (χ2v) is 18.1. The van der Waals surface area contributed by atoms with Gasteiger partial charge in [-0.3, -0.25) is 9.59 Å². The molecule has 2 aliphatic heterocycles. The van der Waals surface area contributed by atoms with E-state index in [9.17, 15) is 24.6 Å². The Balaban J connectivity index is 1.43. The first kappa shape index (κ1) is 32.4. The Morgan fingerprint density at radius 3 is 2.15 bits per heavy atom. The molecule has 1 aliphatic carbocycles. The molecule has 0 bridgehead atoms. The predicted molar refractivity (Wildman–Crippen MR) is 173 cm³/mol. The highest BCUT2D eigenvalue weighted by Crippen LogP contribution is 2.59. The second kappa shape index (κ2) is 11.9. The van der Waals surface area contributed by atoms with Gasteiger partial charge in [-0.25, -0.2) is 4.79 Å². The van der Waals surface area contributed by atoms with Crippen molar-refractivity contribution in [3.8, 4) is 5.75 Å². The van der Waals surface area contributed by atoms with Gasteiger partial charge < -0.3 is 24.1 Å². The number of rotatable bonds is 6. The zero-order chi connectivity index (χ0) is 33.0. The molecule has 0 unspecified atom stereocenters. The van der Waals surface area contributed by atoms with Crippen LogP contribution in [-0.4, -0.2) is 60.8 Å². The van der Waals surface area contributed by atoms with E-state index in [0.717, 1.165) is 17.5 Å². The van der Waals surface area contributed by atoms with Gasteiger partial charge in [0.15, 0.2) is 5.79 Å². The minimum Gasteiger partial charge on any atom is -0.508 e. The highest BCUT2D eigenvalue weighted by molar-refractivity contribution is 6.99. The Kier molecular flexibility index (Phi) is 8.39. The summed E-state index contributed by atoms with van der Waals surface area (Å²) < 4.78 is 18.5. The molecule has 2 heterocycles. The number of hydrogen-bond acceptors (Lipinski definition) is 8. The van der Waals surface area contributed by atoms with E-state index in [0.29, 0.717) is 10.5 Å². The fourth-order valence-electron chi connectivity index (χ4n) is 7.90. The molecule has 242 valence electrons. The van der Waals surface area contributed by atoms with Crippen LogP contribution in [0.25, 0.3) is 0 Å². The van der Waals surface area contributed by atoms with Crippen molar-refractivity contribution in [3.05, 3.63) is 89.4 Å². The van der Waals surface area contributed by atoms with Gasteiger partial charge in [-0.1, -0.05) is 99.1 Å². The summed E-state index contributed by atoms with van der Waals surface area (Å²) in [4.78, 5) is 40.4. The molecule has 0 radical (unpaired) electrons. The van der Waals surface area contributed by atoms with Crippen LogP contribution < -0.4 is 10.4 Å². The molecule has 3 aromatic carbocycles. The van der Waals surface area contributed by atoms with Crippen LogP contribution in [0.3, 0.4) is 0 Å². The number of imide groups is 3. The summed E-state index contributed by atoms with van der Waals surface area (Å²) in [6.07, 6.45) is -1.58. The Labute approximate surface area is 274 Å². The molecule has 9 nitrogen and oxygen atoms in total. The van der Waals surface area contributed by atoms with Crippen LogP contribution in [0.1, 0.15) is 45.3 Å². The van der Waals surface area contributed by atoms with Crippen molar-refractivity contribution in [2.45, 2.75) is 50.5 Å². The lowest BCUT2D eigenvalue weighted by Gasteiger charge is -2.48. The third-order valence-corrected chi connectivity index (χ3v) is 15.3. The minimum atomic E-state index is -3.06. The van der Waals surface area contributed by atoms with Crippen LogP contribution in [0.4, 0.5) is 4.79 Å². The lowest BCUT2D eigenvalue weighted by atomic mass is 9.64. The zero-order valence-corrected chi connectivity index (χ0v) is 27.9. The number of ether oxygens (including phenoxy) is 2. The SMILES string of the molecule is COC(=O)N1C(=O)[C@H]2[C@H](C[C@H](CO[Si](c3ccccc3)(c3ccccc3)C(C)(C)C)[C@@]3(O)O[C@H](c4ccc(O)cc4Cl)C[C@@H]23)C1=O. The summed E-state index contributed by atoms with van der Waals surface area (Å²) in [6.45, 7) is 6.47. The van der Waals surface area contributed by atoms with Gasteiger partial charge in [-0.15, -0.1) is 0 Å². The molecule has 3 amide bonds. The highest BCUT2D eigenvalue weighted by atomic mass is 35.5. The lowest BCUT2D eigenvalue weighted by molar-refractivity contribution is -0.273. The van der Waals surface area contributed by atoms with Gasteiger partial charge in [0.05, 0.1) is 30.1 Å². The fraction of sp³-hybridized carbons (Fsp3) is 0.400. The molecule has 6 atom stereocenters. The molecule has 0 aromatic heterocycles. The van der Waals surface area contributed by atoms with Crippen molar-refractivity contribution in [2.24, 2.45) is 23.7 Å². The number of nitrogens with zero attached hydrogens (tertiary/aromatic N) is 1. The van der Waals surface area contributed by atoms with E-state index in [1.165, 1.54) is 12.1 Å². The summed E-state index contributed by atoms with van der Waals surface area (Å²) >= 11 is 6.51. The van der Waals surface area contributed by atoms with Crippen LogP contribution in [0.5, 0.6) is 5.75 Å². The maximum atomic E-state index is 13.7. The van der Waals surface area contributed by atoms with E-state index in [1.54, 1.807) is 6.07 Å². The number of methoxy groups -OCH3 is 1. The smallest absolute Gasteiger partial charge is 0.423 e. The van der Waals surface area contributed by atoms with Crippen LogP contribution in [0.2, 0.25) is 10.1 Å². The fourth-order valence-corrected chi connectivity index (χ4v) is 12.8. The highest BCUT2D eigenvalue weighted by Gasteiger charge is 2.68. The second-order valence-electron chi connectivity index (χ2n) is 13.4. The Hall–Kier alpha value is -3.54. The van der Waals surface area contributed by atoms with Crippen LogP contribution >= 0.6 is 11.6 Å². The van der Waals surface area contributed by atoms with Crippen LogP contribution in [-0.2, 0) is 23.5 Å². The topological polar surface area (TPSA) is 123 Å². The van der Waals surface area contributed by atoms with Gasteiger partial charge in [0.25, 0.3) is 8.32 Å². The van der Waals surface area contributed by atoms with Gasteiger partial charge in [0, 0.05) is 18.4 Å². The number of halogens is 1. The van der Waals surface area contributed by atoms with Gasteiger partial charge in [-0.2, -0.15) is 4.90 Å². The van der Waals surface area contributed by atoms with Crippen LogP contribution in [0.15, 0.2) is 78.9 Å². The summed E-state index contributed by atoms with van der Waals surface area (Å²) in [7, 11) is -1.95. The number of phenols is 1. The largest absolute Gasteiger partial charge is 0.508 e. The summed E-state index contributed by atoms with van der Waals surface area (Å²) in [6, 6.07) is 24.6. The number of carbonyl (C=O) groups excluding carboxylic acids is 3. The summed E-state index contributed by atoms with van der Waals surface area (Å²) in [5.41, 5.74) is 0.534. The third-order valence-electron chi connectivity index (χ3n) is 9.97. The predicted octanol–water partition coefficient (Wildman–Crippen LogP) is 4.78. The third kappa shape index (κ3) is 5.07. The van der Waals surface area contributed by atoms with E-state index < -0.39 is 61.8 Å². The summed E-state index contributed by atoms with van der Waals surface area (Å²) in [5, 5.41) is 24.5. The molecule has 46 heavy (non-hydrogen) atoms. The molecule has 3 aromatic rings. The van der Waals surface area contributed by atoms with Gasteiger partial charge >= 0.3 is 6.09 Å². The summed E-state index contributed by atoms with van der Waals surface area (Å²) in [5.74, 6) is -6.73. The van der Waals surface area contributed by atoms with Gasteiger partial charge in [0.1, 0.15) is 5.75 Å². The Bertz CT molecular complexity index is 1610. The number of benzene rings is 3. The molecule has 0 spiro atoms. The molecule has 3 fully saturated rings. The zero-order valence-electron chi connectivity index (χ0n) is 26.2. The number of hydrogen-bond donors (Lipinski definition) is 2. The Morgan fingerprint density at radius 2 is 1.61 bits per heavy atom. The van der Waals surface area contributed by atoms with Gasteiger partial charge in [-0.05, 0) is 45.9 Å². The molecular weight excluding hydrogens is 626 g/mol. The van der Waals surface area contributed by atoms with Crippen molar-refractivity contribution in [2.75, 3.05) is 13.7 Å². The van der Waals surface area contributed by atoms with Crippen molar-refractivity contribution >= 4 is 48.2 Å². The number of fused-ring (bicyclic) bond motifs is 3. The minimum absolute atomic E-state index is 0.0233. The van der Waals surface area contributed by atoms with Crippen molar-refractivity contribution in [3.63, 3.8) is 0 Å². The van der Waals surface area contributed by atoms with E-state index in [2.05, 4.69) is 45.0 Å². The van der Waals surface area contributed by atoms with E-state index in [1.807, 2.05) is 36.4 Å². The van der Waals surface area contributed by atoms with E-state index in [4.69, 9.17) is 25.5 Å². The van der Waals surface area contributed by atoms with E-state index >= 15 is 0 Å². The first-order valence-corrected chi connectivity index (χ1v) is 17.7. The van der Waals surface area contributed by atoms with Crippen molar-refractivity contribution in [1.29, 1.82) is 0 Å². The van der Waals surface area contributed by atoms with E-state index in [-0.39, 0.29) is 35.3 Å². The molecule has 11 heteroatoms. The first-order valence-electron chi connectivity index (χ1n) is 15.4. The number of aromatic hydroxyl groups is 1. The molecule has 2 N–H and O–H groups in total. The number of phenolic OH excluding ortho intramolecular Hbond substituents is 1. The maximum Gasteiger partial charge on any atom is 0.423 e. The number of likely N-dealkylation sites (tertiary alicyclic amines) is 1. The van der Waals surface area contributed by atoms with Crippen molar-refractivity contribution < 1.29 is 38.5 Å². The number of carbonyl (C=O) groups is 3. The number of amides is 3.